The lowest BCUT2D eigenvalue weighted by Crippen LogP contribution is -2.39. The summed E-state index contributed by atoms with van der Waals surface area (Å²) in [5.74, 6) is -0.256. The molecule has 1 fully saturated rings. The topological polar surface area (TPSA) is 69.0 Å². The van der Waals surface area contributed by atoms with E-state index in [2.05, 4.69) is 27.1 Å². The summed E-state index contributed by atoms with van der Waals surface area (Å²) in [6.45, 7) is 17.4. The number of likely N-dealkylation sites (N-methyl/N-ethyl adjacent to an activating group) is 1. The third-order valence-electron chi connectivity index (χ3n) is 7.05. The SMILES string of the molecule is CCC(=Nc1cc(F)c(N2CCCCN(CC)CC2)cc1C)c1nn(C)cc1NC(=O)N(CC)C(C)C. The van der Waals surface area contributed by atoms with E-state index in [9.17, 15) is 4.79 Å². The third-order valence-corrected chi connectivity index (χ3v) is 7.05. The molecule has 0 spiro atoms. The molecule has 1 aromatic carbocycles. The lowest BCUT2D eigenvalue weighted by molar-refractivity contribution is 0.201. The molecular weight excluding hydrogens is 469 g/mol. The summed E-state index contributed by atoms with van der Waals surface area (Å²) in [6, 6.07) is 3.35. The highest BCUT2D eigenvalue weighted by atomic mass is 19.1. The van der Waals surface area contributed by atoms with Crippen LogP contribution in [0.5, 0.6) is 0 Å². The summed E-state index contributed by atoms with van der Waals surface area (Å²) in [5.41, 5.74) is 4.04. The number of hydrogen-bond acceptors (Lipinski definition) is 5. The van der Waals surface area contributed by atoms with Gasteiger partial charge in [-0.2, -0.15) is 5.10 Å². The van der Waals surface area contributed by atoms with Crippen molar-refractivity contribution in [3.8, 4) is 0 Å². The molecule has 37 heavy (non-hydrogen) atoms. The van der Waals surface area contributed by atoms with Gasteiger partial charge >= 0.3 is 6.03 Å². The maximum absolute atomic E-state index is 15.4. The van der Waals surface area contributed by atoms with Crippen LogP contribution in [-0.4, -0.2) is 76.6 Å². The lowest BCUT2D eigenvalue weighted by Gasteiger charge is -2.32. The summed E-state index contributed by atoms with van der Waals surface area (Å²) in [4.78, 5) is 24.1. The van der Waals surface area contributed by atoms with Gasteiger partial charge in [-0.15, -0.1) is 0 Å². The van der Waals surface area contributed by atoms with Crippen molar-refractivity contribution in [1.29, 1.82) is 0 Å². The molecular formula is C28H44FN7O. The zero-order valence-corrected chi connectivity index (χ0v) is 23.6. The number of halogens is 1. The Hall–Kier alpha value is -2.94. The summed E-state index contributed by atoms with van der Waals surface area (Å²) < 4.78 is 17.1. The molecule has 1 aromatic heterocycles. The van der Waals surface area contributed by atoms with Gasteiger partial charge < -0.3 is 20.0 Å². The van der Waals surface area contributed by atoms with Crippen LogP contribution in [0.2, 0.25) is 0 Å². The Balaban J connectivity index is 1.90. The number of anilines is 2. The van der Waals surface area contributed by atoms with Crippen LogP contribution in [-0.2, 0) is 7.05 Å². The molecule has 0 radical (unpaired) electrons. The quantitative estimate of drug-likeness (QED) is 0.468. The van der Waals surface area contributed by atoms with Crippen molar-refractivity contribution in [2.24, 2.45) is 12.0 Å². The molecule has 1 aliphatic rings. The van der Waals surface area contributed by atoms with Gasteiger partial charge in [0.15, 0.2) is 0 Å². The van der Waals surface area contributed by atoms with Crippen molar-refractivity contribution in [2.75, 3.05) is 49.5 Å². The number of aliphatic imine (C=N–C) groups is 1. The van der Waals surface area contributed by atoms with Crippen LogP contribution in [0.15, 0.2) is 23.3 Å². The van der Waals surface area contributed by atoms with Crippen LogP contribution in [0.25, 0.3) is 0 Å². The highest BCUT2D eigenvalue weighted by Crippen LogP contribution is 2.31. The number of hydrogen-bond donors (Lipinski definition) is 1. The lowest BCUT2D eigenvalue weighted by atomic mass is 10.1. The van der Waals surface area contributed by atoms with Gasteiger partial charge in [0, 0.05) is 51.5 Å². The fraction of sp³-hybridized carbons (Fsp3) is 0.607. The fourth-order valence-corrected chi connectivity index (χ4v) is 4.87. The number of rotatable bonds is 8. The zero-order valence-electron chi connectivity index (χ0n) is 23.6. The molecule has 2 aromatic rings. The maximum atomic E-state index is 15.4. The Labute approximate surface area is 221 Å². The minimum absolute atomic E-state index is 0.0761. The summed E-state index contributed by atoms with van der Waals surface area (Å²) in [7, 11) is 1.81. The molecule has 9 heteroatoms. The van der Waals surface area contributed by atoms with E-state index in [4.69, 9.17) is 4.99 Å². The average molecular weight is 514 g/mol. The first-order valence-electron chi connectivity index (χ1n) is 13.6. The highest BCUT2D eigenvalue weighted by Gasteiger charge is 2.21. The molecule has 2 amide bonds. The second kappa shape index (κ2) is 13.0. The van der Waals surface area contributed by atoms with Crippen molar-refractivity contribution in [1.82, 2.24) is 19.6 Å². The van der Waals surface area contributed by atoms with Gasteiger partial charge in [0.1, 0.15) is 11.5 Å². The molecule has 2 heterocycles. The number of carbonyl (C=O) groups is 1. The number of nitrogens with one attached hydrogen (secondary N) is 1. The number of urea groups is 1. The molecule has 1 N–H and O–H groups in total. The van der Waals surface area contributed by atoms with E-state index in [1.54, 1.807) is 15.8 Å². The van der Waals surface area contributed by atoms with E-state index < -0.39 is 0 Å². The minimum Gasteiger partial charge on any atom is -0.368 e. The van der Waals surface area contributed by atoms with Crippen LogP contribution in [0.3, 0.4) is 0 Å². The number of aromatic nitrogens is 2. The minimum atomic E-state index is -0.256. The van der Waals surface area contributed by atoms with Crippen molar-refractivity contribution in [2.45, 2.75) is 66.8 Å². The Kier molecular flexibility index (Phi) is 10.1. The van der Waals surface area contributed by atoms with Crippen LogP contribution < -0.4 is 10.2 Å². The molecule has 0 unspecified atom stereocenters. The van der Waals surface area contributed by atoms with Crippen molar-refractivity contribution < 1.29 is 9.18 Å². The third kappa shape index (κ3) is 7.09. The highest BCUT2D eigenvalue weighted by molar-refractivity contribution is 6.07. The molecule has 0 aliphatic carbocycles. The van der Waals surface area contributed by atoms with Gasteiger partial charge in [-0.05, 0) is 71.7 Å². The number of carbonyl (C=O) groups excluding carboxylic acids is 1. The van der Waals surface area contributed by atoms with Crippen molar-refractivity contribution >= 4 is 28.8 Å². The second-order valence-electron chi connectivity index (χ2n) is 10.0. The van der Waals surface area contributed by atoms with Crippen molar-refractivity contribution in [3.05, 3.63) is 35.4 Å². The number of amides is 2. The van der Waals surface area contributed by atoms with Gasteiger partial charge in [-0.1, -0.05) is 13.8 Å². The summed E-state index contributed by atoms with van der Waals surface area (Å²) >= 11 is 0. The largest absolute Gasteiger partial charge is 0.368 e. The van der Waals surface area contributed by atoms with Crippen LogP contribution >= 0.6 is 0 Å². The molecule has 0 saturated carbocycles. The second-order valence-corrected chi connectivity index (χ2v) is 10.0. The first kappa shape index (κ1) is 28.6. The summed E-state index contributed by atoms with van der Waals surface area (Å²) in [5, 5.41) is 7.58. The predicted octanol–water partition coefficient (Wildman–Crippen LogP) is 5.58. The first-order chi connectivity index (χ1) is 17.7. The van der Waals surface area contributed by atoms with Crippen LogP contribution in [0.4, 0.5) is 26.2 Å². The van der Waals surface area contributed by atoms with E-state index in [-0.39, 0.29) is 17.9 Å². The number of benzene rings is 1. The Morgan fingerprint density at radius 2 is 1.89 bits per heavy atom. The average Bonchev–Trinajstić information content (AvgIpc) is 3.19. The maximum Gasteiger partial charge on any atom is 0.322 e. The van der Waals surface area contributed by atoms with Gasteiger partial charge in [-0.3, -0.25) is 9.67 Å². The molecule has 204 valence electrons. The predicted molar refractivity (Wildman–Crippen MR) is 151 cm³/mol. The molecule has 1 aliphatic heterocycles. The molecule has 3 rings (SSSR count). The standard InChI is InChI=1S/C28H44FN7O/c1-8-23(27-25(19-33(7)32-27)31-28(37)36(10-3)20(4)5)30-24-18-22(29)26(17-21(24)6)35-14-12-11-13-34(9-2)15-16-35/h17-20H,8-16H2,1-7H3,(H,31,37). The monoisotopic (exact) mass is 513 g/mol. The first-order valence-corrected chi connectivity index (χ1v) is 13.6. The van der Waals surface area contributed by atoms with Gasteiger partial charge in [0.25, 0.3) is 0 Å². The normalized spacial score (nSPS) is 15.6. The van der Waals surface area contributed by atoms with Crippen LogP contribution in [0, 0.1) is 12.7 Å². The van der Waals surface area contributed by atoms with Gasteiger partial charge in [-0.25, -0.2) is 9.18 Å². The number of nitrogens with zero attached hydrogens (tertiary/aromatic N) is 6. The molecule has 8 nitrogen and oxygen atoms in total. The van der Waals surface area contributed by atoms with Gasteiger partial charge in [0.2, 0.25) is 0 Å². The van der Waals surface area contributed by atoms with E-state index in [1.807, 2.05) is 47.7 Å². The Bertz CT molecular complexity index is 1090. The zero-order chi connectivity index (χ0) is 27.1. The van der Waals surface area contributed by atoms with E-state index in [0.717, 1.165) is 51.1 Å². The van der Waals surface area contributed by atoms with E-state index in [0.29, 0.717) is 41.4 Å². The smallest absolute Gasteiger partial charge is 0.322 e. The van der Waals surface area contributed by atoms with E-state index in [1.165, 1.54) is 6.07 Å². The molecule has 0 bridgehead atoms. The number of aryl methyl sites for hydroxylation is 2. The Morgan fingerprint density at radius 1 is 1.16 bits per heavy atom. The van der Waals surface area contributed by atoms with E-state index >= 15 is 4.39 Å². The fourth-order valence-electron chi connectivity index (χ4n) is 4.87. The Morgan fingerprint density at radius 3 is 2.54 bits per heavy atom. The van der Waals surface area contributed by atoms with Crippen LogP contribution in [0.1, 0.15) is 65.1 Å². The van der Waals surface area contributed by atoms with Crippen molar-refractivity contribution in [3.63, 3.8) is 0 Å². The summed E-state index contributed by atoms with van der Waals surface area (Å²) in [6.07, 6.45) is 4.55. The molecule has 1 saturated heterocycles. The molecule has 0 atom stereocenters. The van der Waals surface area contributed by atoms with Gasteiger partial charge in [0.05, 0.1) is 22.8 Å².